The number of nitrogens with zero attached hydrogens (tertiary/aromatic N) is 1. The minimum atomic E-state index is -0.134. The molecule has 0 spiro atoms. The van der Waals surface area contributed by atoms with Crippen LogP contribution in [0.25, 0.3) is 0 Å². The van der Waals surface area contributed by atoms with Gasteiger partial charge in [-0.05, 0) is 36.1 Å². The highest BCUT2D eigenvalue weighted by atomic mass is 16.5. The third kappa shape index (κ3) is 4.42. The summed E-state index contributed by atoms with van der Waals surface area (Å²) in [5.41, 5.74) is 2.04. The number of amides is 2. The molecule has 1 atom stereocenters. The fourth-order valence-electron chi connectivity index (χ4n) is 3.36. The van der Waals surface area contributed by atoms with E-state index in [1.165, 1.54) is 0 Å². The van der Waals surface area contributed by atoms with Gasteiger partial charge in [-0.3, -0.25) is 9.59 Å². The fourth-order valence-corrected chi connectivity index (χ4v) is 3.36. The molecule has 0 aromatic heterocycles. The minimum Gasteiger partial charge on any atom is -0.497 e. The topological polar surface area (TPSA) is 58.6 Å². The summed E-state index contributed by atoms with van der Waals surface area (Å²) < 4.78 is 5.19. The highest BCUT2D eigenvalue weighted by Crippen LogP contribution is 2.32. The zero-order chi connectivity index (χ0) is 18.4. The van der Waals surface area contributed by atoms with Crippen molar-refractivity contribution in [2.45, 2.75) is 25.3 Å². The second-order valence-corrected chi connectivity index (χ2v) is 6.46. The van der Waals surface area contributed by atoms with Crippen LogP contribution in [0.2, 0.25) is 0 Å². The van der Waals surface area contributed by atoms with E-state index < -0.39 is 0 Å². The quantitative estimate of drug-likeness (QED) is 0.870. The summed E-state index contributed by atoms with van der Waals surface area (Å²) in [5, 5.41) is 2.75. The van der Waals surface area contributed by atoms with Crippen molar-refractivity contribution < 1.29 is 14.3 Å². The first-order valence-corrected chi connectivity index (χ1v) is 8.91. The van der Waals surface area contributed by atoms with Crippen molar-refractivity contribution in [2.24, 2.45) is 0 Å². The molecule has 0 saturated carbocycles. The number of likely N-dealkylation sites (tertiary alicyclic amines) is 1. The van der Waals surface area contributed by atoms with E-state index in [0.29, 0.717) is 0 Å². The predicted octanol–water partition coefficient (Wildman–Crippen LogP) is 2.72. The van der Waals surface area contributed by atoms with Crippen molar-refractivity contribution in [1.82, 2.24) is 10.2 Å². The van der Waals surface area contributed by atoms with Crippen molar-refractivity contribution >= 4 is 11.8 Å². The van der Waals surface area contributed by atoms with Crippen LogP contribution >= 0.6 is 0 Å². The normalized spacial score (nSPS) is 16.3. The molecular weight excluding hydrogens is 328 g/mol. The summed E-state index contributed by atoms with van der Waals surface area (Å²) in [6, 6.07) is 17.4. The monoisotopic (exact) mass is 352 g/mol. The van der Waals surface area contributed by atoms with Crippen LogP contribution in [-0.4, -0.2) is 36.9 Å². The lowest BCUT2D eigenvalue weighted by Crippen LogP contribution is -2.40. The van der Waals surface area contributed by atoms with Gasteiger partial charge in [-0.25, -0.2) is 0 Å². The molecule has 0 aliphatic carbocycles. The first-order chi connectivity index (χ1) is 12.7. The minimum absolute atomic E-state index is 0.0373. The maximum atomic E-state index is 12.6. The summed E-state index contributed by atoms with van der Waals surface area (Å²) >= 11 is 0. The van der Waals surface area contributed by atoms with E-state index in [1.807, 2.05) is 59.5 Å². The standard InChI is InChI=1S/C21H24N2O3/c1-26-18-11-9-17(10-12-18)19-8-5-13-23(19)21(25)15-22-20(24)14-16-6-3-2-4-7-16/h2-4,6-7,9-12,19H,5,8,13-15H2,1H3,(H,22,24)/t19-/m1/s1. The van der Waals surface area contributed by atoms with Gasteiger partial charge in [0.2, 0.25) is 11.8 Å². The number of hydrogen-bond acceptors (Lipinski definition) is 3. The molecular formula is C21H24N2O3. The van der Waals surface area contributed by atoms with Crippen LogP contribution in [-0.2, 0) is 16.0 Å². The molecule has 0 unspecified atom stereocenters. The van der Waals surface area contributed by atoms with Crippen molar-refractivity contribution in [3.05, 3.63) is 65.7 Å². The molecule has 26 heavy (non-hydrogen) atoms. The molecule has 1 heterocycles. The summed E-state index contributed by atoms with van der Waals surface area (Å²) in [5.74, 6) is 0.632. The maximum absolute atomic E-state index is 12.6. The number of hydrogen-bond donors (Lipinski definition) is 1. The number of methoxy groups -OCH3 is 1. The lowest BCUT2D eigenvalue weighted by Gasteiger charge is -2.25. The number of benzene rings is 2. The number of carbonyl (C=O) groups is 2. The Labute approximate surface area is 154 Å². The van der Waals surface area contributed by atoms with Crippen LogP contribution in [0.1, 0.15) is 30.0 Å². The van der Waals surface area contributed by atoms with Gasteiger partial charge < -0.3 is 15.0 Å². The van der Waals surface area contributed by atoms with Gasteiger partial charge in [0.05, 0.1) is 26.1 Å². The van der Waals surface area contributed by atoms with Gasteiger partial charge in [0.25, 0.3) is 0 Å². The van der Waals surface area contributed by atoms with E-state index in [4.69, 9.17) is 4.74 Å². The first kappa shape index (κ1) is 18.0. The number of nitrogens with one attached hydrogen (secondary N) is 1. The smallest absolute Gasteiger partial charge is 0.242 e. The molecule has 3 rings (SSSR count). The highest BCUT2D eigenvalue weighted by molar-refractivity contribution is 5.86. The van der Waals surface area contributed by atoms with Crippen molar-refractivity contribution in [3.63, 3.8) is 0 Å². The van der Waals surface area contributed by atoms with E-state index in [-0.39, 0.29) is 30.8 Å². The second kappa shape index (κ2) is 8.52. The molecule has 5 nitrogen and oxygen atoms in total. The molecule has 1 saturated heterocycles. The fraction of sp³-hybridized carbons (Fsp3) is 0.333. The molecule has 1 N–H and O–H groups in total. The van der Waals surface area contributed by atoms with Crippen LogP contribution in [0.5, 0.6) is 5.75 Å². The highest BCUT2D eigenvalue weighted by Gasteiger charge is 2.29. The van der Waals surface area contributed by atoms with Gasteiger partial charge in [-0.2, -0.15) is 0 Å². The summed E-state index contributed by atoms with van der Waals surface area (Å²) in [6.07, 6.45) is 2.20. The van der Waals surface area contributed by atoms with Gasteiger partial charge >= 0.3 is 0 Å². The number of ether oxygens (including phenoxy) is 1. The Hall–Kier alpha value is -2.82. The lowest BCUT2D eigenvalue weighted by atomic mass is 10.0. The average molecular weight is 352 g/mol. The third-order valence-electron chi connectivity index (χ3n) is 4.72. The largest absolute Gasteiger partial charge is 0.497 e. The van der Waals surface area contributed by atoms with Crippen LogP contribution in [0.3, 0.4) is 0 Å². The van der Waals surface area contributed by atoms with Gasteiger partial charge in [0.1, 0.15) is 5.75 Å². The van der Waals surface area contributed by atoms with Crippen LogP contribution < -0.4 is 10.1 Å². The van der Waals surface area contributed by atoms with E-state index in [9.17, 15) is 9.59 Å². The molecule has 0 radical (unpaired) electrons. The molecule has 5 heteroatoms. The first-order valence-electron chi connectivity index (χ1n) is 8.91. The molecule has 2 amide bonds. The lowest BCUT2D eigenvalue weighted by molar-refractivity contribution is -0.133. The van der Waals surface area contributed by atoms with Gasteiger partial charge in [0, 0.05) is 6.54 Å². The van der Waals surface area contributed by atoms with Gasteiger partial charge in [-0.15, -0.1) is 0 Å². The van der Waals surface area contributed by atoms with Crippen molar-refractivity contribution in [1.29, 1.82) is 0 Å². The predicted molar refractivity (Wildman–Crippen MR) is 99.8 cm³/mol. The molecule has 2 aromatic carbocycles. The Balaban J connectivity index is 1.55. The third-order valence-corrected chi connectivity index (χ3v) is 4.72. The molecule has 1 fully saturated rings. The Bertz CT molecular complexity index is 744. The molecule has 0 bridgehead atoms. The Morgan fingerprint density at radius 2 is 1.85 bits per heavy atom. The Kier molecular flexibility index (Phi) is 5.89. The summed E-state index contributed by atoms with van der Waals surface area (Å²) in [6.45, 7) is 0.766. The van der Waals surface area contributed by atoms with E-state index in [2.05, 4.69) is 5.32 Å². The van der Waals surface area contributed by atoms with Crippen molar-refractivity contribution in [3.8, 4) is 5.75 Å². The van der Waals surface area contributed by atoms with Gasteiger partial charge in [0.15, 0.2) is 0 Å². The Morgan fingerprint density at radius 1 is 1.12 bits per heavy atom. The zero-order valence-corrected chi connectivity index (χ0v) is 15.0. The summed E-state index contributed by atoms with van der Waals surface area (Å²) in [7, 11) is 1.64. The molecule has 1 aliphatic rings. The van der Waals surface area contributed by atoms with Gasteiger partial charge in [-0.1, -0.05) is 42.5 Å². The SMILES string of the molecule is COc1ccc([C@H]2CCCN2C(=O)CNC(=O)Cc2ccccc2)cc1. The molecule has 1 aliphatic heterocycles. The Morgan fingerprint density at radius 3 is 2.54 bits per heavy atom. The number of carbonyl (C=O) groups excluding carboxylic acids is 2. The van der Waals surface area contributed by atoms with E-state index >= 15 is 0 Å². The van der Waals surface area contributed by atoms with Crippen LogP contribution in [0.4, 0.5) is 0 Å². The van der Waals surface area contributed by atoms with Crippen molar-refractivity contribution in [2.75, 3.05) is 20.2 Å². The van der Waals surface area contributed by atoms with Crippen LogP contribution in [0.15, 0.2) is 54.6 Å². The van der Waals surface area contributed by atoms with Crippen LogP contribution in [0, 0.1) is 0 Å². The number of rotatable bonds is 6. The summed E-state index contributed by atoms with van der Waals surface area (Å²) in [4.78, 5) is 26.5. The second-order valence-electron chi connectivity index (χ2n) is 6.46. The molecule has 136 valence electrons. The maximum Gasteiger partial charge on any atom is 0.242 e. The molecule has 2 aromatic rings. The average Bonchev–Trinajstić information content (AvgIpc) is 3.17. The van der Waals surface area contributed by atoms with E-state index in [0.717, 1.165) is 36.3 Å². The zero-order valence-electron chi connectivity index (χ0n) is 15.0. The van der Waals surface area contributed by atoms with E-state index in [1.54, 1.807) is 7.11 Å².